The molecule has 0 radical (unpaired) electrons. The Morgan fingerprint density at radius 1 is 1.53 bits per heavy atom. The lowest BCUT2D eigenvalue weighted by Gasteiger charge is -2.35. The number of aromatic nitrogens is 1. The number of rotatable bonds is 4. The topological polar surface area (TPSA) is 79.3 Å². The third-order valence-corrected chi connectivity index (χ3v) is 4.70. The van der Waals surface area contributed by atoms with E-state index in [-0.39, 0.29) is 12.5 Å². The Hall–Kier alpha value is -1.43. The Kier molecular flexibility index (Phi) is 4.19. The fourth-order valence-corrected chi connectivity index (χ4v) is 2.98. The molecule has 104 valence electrons. The number of amides is 1. The summed E-state index contributed by atoms with van der Waals surface area (Å²) in [6.45, 7) is 2.34. The molecule has 0 aromatic carbocycles. The van der Waals surface area contributed by atoms with Crippen LogP contribution < -0.4 is 5.32 Å². The molecule has 0 aliphatic heterocycles. The minimum Gasteiger partial charge on any atom is -0.481 e. The van der Waals surface area contributed by atoms with Crippen LogP contribution in [0.1, 0.15) is 42.3 Å². The molecule has 5 nitrogen and oxygen atoms in total. The van der Waals surface area contributed by atoms with E-state index in [1.165, 1.54) is 17.5 Å². The molecule has 0 saturated heterocycles. The molecule has 1 heterocycles. The lowest BCUT2D eigenvalue weighted by atomic mass is 9.71. The van der Waals surface area contributed by atoms with Crippen LogP contribution in [0.4, 0.5) is 0 Å². The Bertz CT molecular complexity index is 450. The molecule has 0 bridgehead atoms. The predicted molar refractivity (Wildman–Crippen MR) is 72.1 cm³/mol. The Morgan fingerprint density at radius 3 is 2.74 bits per heavy atom. The molecule has 1 fully saturated rings. The number of hydrogen-bond donors (Lipinski definition) is 2. The highest BCUT2D eigenvalue weighted by Crippen LogP contribution is 2.38. The van der Waals surface area contributed by atoms with E-state index in [0.29, 0.717) is 23.6 Å². The Balaban J connectivity index is 1.98. The van der Waals surface area contributed by atoms with E-state index < -0.39 is 11.4 Å². The van der Waals surface area contributed by atoms with Crippen LogP contribution in [0.5, 0.6) is 0 Å². The molecule has 1 saturated carbocycles. The van der Waals surface area contributed by atoms with Gasteiger partial charge in [-0.2, -0.15) is 0 Å². The molecule has 0 spiro atoms. The van der Waals surface area contributed by atoms with E-state index in [1.807, 2.05) is 0 Å². The SMILES string of the molecule is CC1CCC(CNC(=O)c2cncs2)(C(=O)O)CC1. The molecule has 1 aliphatic rings. The van der Waals surface area contributed by atoms with E-state index in [9.17, 15) is 14.7 Å². The van der Waals surface area contributed by atoms with E-state index in [1.54, 1.807) is 5.51 Å². The first-order valence-electron chi connectivity index (χ1n) is 6.43. The third-order valence-electron chi connectivity index (χ3n) is 3.93. The van der Waals surface area contributed by atoms with Crippen LogP contribution in [-0.4, -0.2) is 28.5 Å². The van der Waals surface area contributed by atoms with E-state index in [4.69, 9.17) is 0 Å². The molecule has 1 aromatic heterocycles. The monoisotopic (exact) mass is 282 g/mol. The summed E-state index contributed by atoms with van der Waals surface area (Å²) < 4.78 is 0. The van der Waals surface area contributed by atoms with Crippen molar-refractivity contribution >= 4 is 23.2 Å². The standard InChI is InChI=1S/C13H18N2O3S/c1-9-2-4-13(5-3-9,12(17)18)7-15-11(16)10-6-14-8-19-10/h6,8-9H,2-5,7H2,1H3,(H,15,16)(H,17,18). The molecule has 0 atom stereocenters. The number of aliphatic carboxylic acids is 1. The van der Waals surface area contributed by atoms with Gasteiger partial charge in [-0.1, -0.05) is 6.92 Å². The van der Waals surface area contributed by atoms with Gasteiger partial charge in [0.15, 0.2) is 0 Å². The molecule has 2 rings (SSSR count). The van der Waals surface area contributed by atoms with Gasteiger partial charge in [0.1, 0.15) is 4.88 Å². The molecule has 1 aromatic rings. The fraction of sp³-hybridized carbons (Fsp3) is 0.615. The summed E-state index contributed by atoms with van der Waals surface area (Å²) in [5.41, 5.74) is 0.789. The Labute approximate surface area is 116 Å². The average Bonchev–Trinajstić information content (AvgIpc) is 2.92. The van der Waals surface area contributed by atoms with Crippen LogP contribution in [-0.2, 0) is 4.79 Å². The lowest BCUT2D eigenvalue weighted by molar-refractivity contribution is -0.151. The number of thiazole rings is 1. The van der Waals surface area contributed by atoms with Gasteiger partial charge in [0.05, 0.1) is 17.1 Å². The number of nitrogens with zero attached hydrogens (tertiary/aromatic N) is 1. The van der Waals surface area contributed by atoms with Crippen molar-refractivity contribution in [1.29, 1.82) is 0 Å². The molecule has 2 N–H and O–H groups in total. The minimum atomic E-state index is -0.802. The van der Waals surface area contributed by atoms with E-state index >= 15 is 0 Å². The van der Waals surface area contributed by atoms with Crippen LogP contribution in [0.3, 0.4) is 0 Å². The van der Waals surface area contributed by atoms with Crippen LogP contribution in [0.2, 0.25) is 0 Å². The van der Waals surface area contributed by atoms with Crippen LogP contribution in [0.15, 0.2) is 11.7 Å². The van der Waals surface area contributed by atoms with Crippen molar-refractivity contribution in [1.82, 2.24) is 10.3 Å². The number of nitrogens with one attached hydrogen (secondary N) is 1. The second kappa shape index (κ2) is 5.69. The van der Waals surface area contributed by atoms with E-state index in [2.05, 4.69) is 17.2 Å². The highest BCUT2D eigenvalue weighted by molar-refractivity contribution is 7.11. The van der Waals surface area contributed by atoms with Crippen LogP contribution in [0.25, 0.3) is 0 Å². The van der Waals surface area contributed by atoms with Gasteiger partial charge in [0.25, 0.3) is 5.91 Å². The zero-order chi connectivity index (χ0) is 13.9. The maximum Gasteiger partial charge on any atom is 0.311 e. The van der Waals surface area contributed by atoms with Gasteiger partial charge in [0, 0.05) is 6.54 Å². The number of carboxylic acids is 1. The summed E-state index contributed by atoms with van der Waals surface area (Å²) in [6.07, 6.45) is 4.57. The van der Waals surface area contributed by atoms with Crippen molar-refractivity contribution in [2.24, 2.45) is 11.3 Å². The number of carboxylic acid groups (broad SMARTS) is 1. The summed E-state index contributed by atoms with van der Waals surface area (Å²) in [7, 11) is 0. The third kappa shape index (κ3) is 3.12. The highest BCUT2D eigenvalue weighted by atomic mass is 32.1. The maximum absolute atomic E-state index is 11.8. The van der Waals surface area contributed by atoms with Gasteiger partial charge >= 0.3 is 5.97 Å². The molecular formula is C13H18N2O3S. The largest absolute Gasteiger partial charge is 0.481 e. The summed E-state index contributed by atoms with van der Waals surface area (Å²) in [4.78, 5) is 27.7. The first-order valence-corrected chi connectivity index (χ1v) is 7.31. The molecule has 0 unspecified atom stereocenters. The van der Waals surface area contributed by atoms with Crippen molar-refractivity contribution in [3.8, 4) is 0 Å². The number of carbonyl (C=O) groups is 2. The maximum atomic E-state index is 11.8. The summed E-state index contributed by atoms with van der Waals surface area (Å²) in [5.74, 6) is -0.463. The smallest absolute Gasteiger partial charge is 0.311 e. The van der Waals surface area contributed by atoms with Gasteiger partial charge in [-0.3, -0.25) is 14.6 Å². The van der Waals surface area contributed by atoms with Crippen LogP contribution >= 0.6 is 11.3 Å². The van der Waals surface area contributed by atoms with Gasteiger partial charge in [0.2, 0.25) is 0 Å². The normalized spacial score (nSPS) is 26.9. The molecule has 6 heteroatoms. The molecular weight excluding hydrogens is 264 g/mol. The molecule has 19 heavy (non-hydrogen) atoms. The van der Waals surface area contributed by atoms with Crippen molar-refractivity contribution in [3.05, 3.63) is 16.6 Å². The lowest BCUT2D eigenvalue weighted by Crippen LogP contribution is -2.45. The van der Waals surface area contributed by atoms with Gasteiger partial charge in [-0.15, -0.1) is 11.3 Å². The summed E-state index contributed by atoms with van der Waals surface area (Å²) in [5, 5.41) is 12.2. The zero-order valence-electron chi connectivity index (χ0n) is 10.9. The van der Waals surface area contributed by atoms with E-state index in [0.717, 1.165) is 12.8 Å². The predicted octanol–water partition coefficient (Wildman–Crippen LogP) is 2.15. The van der Waals surface area contributed by atoms with Gasteiger partial charge in [-0.05, 0) is 31.6 Å². The molecule has 1 amide bonds. The van der Waals surface area contributed by atoms with Crippen molar-refractivity contribution < 1.29 is 14.7 Å². The summed E-state index contributed by atoms with van der Waals surface area (Å²) in [6, 6.07) is 0. The first kappa shape index (κ1) is 14.0. The zero-order valence-corrected chi connectivity index (χ0v) is 11.7. The molecule has 1 aliphatic carbocycles. The van der Waals surface area contributed by atoms with Crippen molar-refractivity contribution in [3.63, 3.8) is 0 Å². The number of hydrogen-bond acceptors (Lipinski definition) is 4. The van der Waals surface area contributed by atoms with Gasteiger partial charge < -0.3 is 10.4 Å². The summed E-state index contributed by atoms with van der Waals surface area (Å²) >= 11 is 1.25. The minimum absolute atomic E-state index is 0.200. The highest BCUT2D eigenvalue weighted by Gasteiger charge is 2.41. The van der Waals surface area contributed by atoms with Crippen LogP contribution in [0, 0.1) is 11.3 Å². The quantitative estimate of drug-likeness (QED) is 0.887. The average molecular weight is 282 g/mol. The first-order chi connectivity index (χ1) is 9.03. The van der Waals surface area contributed by atoms with Crippen molar-refractivity contribution in [2.75, 3.05) is 6.54 Å². The second-order valence-corrected chi connectivity index (χ2v) is 6.20. The van der Waals surface area contributed by atoms with Crippen molar-refractivity contribution in [2.45, 2.75) is 32.6 Å². The Morgan fingerprint density at radius 2 is 2.21 bits per heavy atom. The van der Waals surface area contributed by atoms with Gasteiger partial charge in [-0.25, -0.2) is 0 Å². The second-order valence-electron chi connectivity index (χ2n) is 5.32. The number of carbonyl (C=O) groups excluding carboxylic acids is 1. The fourth-order valence-electron chi connectivity index (χ4n) is 2.45.